The van der Waals surface area contributed by atoms with E-state index < -0.39 is 5.91 Å². The van der Waals surface area contributed by atoms with Crippen LogP contribution in [-0.2, 0) is 11.3 Å². The molecule has 1 aliphatic rings. The van der Waals surface area contributed by atoms with E-state index in [2.05, 4.69) is 10.3 Å². The van der Waals surface area contributed by atoms with Crippen LogP contribution in [0.3, 0.4) is 0 Å². The van der Waals surface area contributed by atoms with Crippen LogP contribution in [0, 0.1) is 5.92 Å². The molecular weight excluding hydrogens is 232 g/mol. The molecule has 1 amide bonds. The Hall–Kier alpha value is -1.43. The first kappa shape index (κ1) is 13.0. The number of amides is 1. The number of rotatable bonds is 6. The first-order chi connectivity index (χ1) is 8.63. The lowest BCUT2D eigenvalue weighted by Gasteiger charge is -2.25. The number of nitrogens with zero attached hydrogens (tertiary/aromatic N) is 3. The van der Waals surface area contributed by atoms with Crippen LogP contribution in [0.2, 0.25) is 0 Å². The zero-order valence-corrected chi connectivity index (χ0v) is 10.9. The number of hydrogen-bond donors (Lipinski definition) is 1. The van der Waals surface area contributed by atoms with Crippen molar-refractivity contribution in [3.05, 3.63) is 11.4 Å². The van der Waals surface area contributed by atoms with Gasteiger partial charge in [0.2, 0.25) is 0 Å². The molecule has 6 heteroatoms. The summed E-state index contributed by atoms with van der Waals surface area (Å²) in [5, 5.41) is 7.89. The highest BCUT2D eigenvalue weighted by Gasteiger charge is 2.24. The maximum absolute atomic E-state index is 11.3. The molecule has 1 aromatic rings. The predicted molar refractivity (Wildman–Crippen MR) is 65.9 cm³/mol. The fourth-order valence-electron chi connectivity index (χ4n) is 2.26. The minimum atomic E-state index is -0.552. The molecule has 1 atom stereocenters. The van der Waals surface area contributed by atoms with E-state index in [-0.39, 0.29) is 11.8 Å². The van der Waals surface area contributed by atoms with Crippen molar-refractivity contribution in [1.29, 1.82) is 0 Å². The van der Waals surface area contributed by atoms with Gasteiger partial charge < -0.3 is 10.5 Å². The molecule has 2 N–H and O–H groups in total. The number of ether oxygens (including phenoxy) is 1. The summed E-state index contributed by atoms with van der Waals surface area (Å²) in [4.78, 5) is 11.3. The Labute approximate surface area is 106 Å². The highest BCUT2D eigenvalue weighted by molar-refractivity contribution is 5.91. The van der Waals surface area contributed by atoms with Crippen molar-refractivity contribution in [3.8, 4) is 0 Å². The van der Waals surface area contributed by atoms with Crippen LogP contribution in [0.4, 0.5) is 0 Å². The van der Waals surface area contributed by atoms with Crippen LogP contribution in [0.15, 0.2) is 0 Å². The van der Waals surface area contributed by atoms with E-state index >= 15 is 0 Å². The monoisotopic (exact) mass is 252 g/mol. The summed E-state index contributed by atoms with van der Waals surface area (Å²) in [5.41, 5.74) is 6.21. The Morgan fingerprint density at radius 3 is 2.83 bits per heavy atom. The van der Waals surface area contributed by atoms with E-state index in [1.807, 2.05) is 6.92 Å². The standard InChI is InChI=1S/C12H20N4O2/c1-8(18-2)11-10(12(13)17)14-15-16(11)7-6-9-4-3-5-9/h8-9H,3-7H2,1-2H3,(H2,13,17). The number of carbonyl (C=O) groups excluding carboxylic acids is 1. The number of carbonyl (C=O) groups is 1. The molecule has 1 saturated carbocycles. The van der Waals surface area contributed by atoms with Crippen LogP contribution < -0.4 is 5.73 Å². The molecule has 0 bridgehead atoms. The van der Waals surface area contributed by atoms with Gasteiger partial charge in [-0.25, -0.2) is 4.68 Å². The highest BCUT2D eigenvalue weighted by Crippen LogP contribution is 2.30. The quantitative estimate of drug-likeness (QED) is 0.826. The first-order valence-electron chi connectivity index (χ1n) is 6.39. The topological polar surface area (TPSA) is 83.0 Å². The van der Waals surface area contributed by atoms with Gasteiger partial charge in [0.1, 0.15) is 5.69 Å². The maximum atomic E-state index is 11.3. The summed E-state index contributed by atoms with van der Waals surface area (Å²) in [7, 11) is 1.60. The number of hydrogen-bond acceptors (Lipinski definition) is 4. The number of aromatic nitrogens is 3. The number of primary amides is 1. The van der Waals surface area contributed by atoms with E-state index in [0.717, 1.165) is 18.9 Å². The van der Waals surface area contributed by atoms with Gasteiger partial charge >= 0.3 is 0 Å². The lowest BCUT2D eigenvalue weighted by Crippen LogP contribution is -2.19. The molecule has 0 aromatic carbocycles. The normalized spacial score (nSPS) is 17.4. The Morgan fingerprint density at radius 1 is 1.61 bits per heavy atom. The third kappa shape index (κ3) is 2.53. The summed E-state index contributed by atoms with van der Waals surface area (Å²) < 4.78 is 7.02. The lowest BCUT2D eigenvalue weighted by molar-refractivity contribution is 0.0959. The minimum absolute atomic E-state index is 0.220. The molecule has 1 aromatic heterocycles. The fraction of sp³-hybridized carbons (Fsp3) is 0.750. The molecule has 0 radical (unpaired) electrons. The number of nitrogens with two attached hydrogens (primary N) is 1. The second-order valence-corrected chi connectivity index (χ2v) is 4.87. The van der Waals surface area contributed by atoms with E-state index in [0.29, 0.717) is 5.69 Å². The van der Waals surface area contributed by atoms with Gasteiger partial charge in [-0.1, -0.05) is 24.5 Å². The van der Waals surface area contributed by atoms with Crippen LogP contribution in [0.1, 0.15) is 54.9 Å². The molecule has 18 heavy (non-hydrogen) atoms. The van der Waals surface area contributed by atoms with Crippen LogP contribution >= 0.6 is 0 Å². The third-order valence-corrected chi connectivity index (χ3v) is 3.72. The van der Waals surface area contributed by atoms with Crippen molar-refractivity contribution in [2.75, 3.05) is 7.11 Å². The Kier molecular flexibility index (Phi) is 3.96. The lowest BCUT2D eigenvalue weighted by atomic mass is 9.83. The van der Waals surface area contributed by atoms with Crippen LogP contribution in [0.5, 0.6) is 0 Å². The summed E-state index contributed by atoms with van der Waals surface area (Å²) in [5.74, 6) is 0.237. The zero-order valence-electron chi connectivity index (χ0n) is 10.9. The van der Waals surface area contributed by atoms with Gasteiger partial charge in [-0.05, 0) is 19.3 Å². The molecule has 1 aliphatic carbocycles. The molecule has 0 saturated heterocycles. The minimum Gasteiger partial charge on any atom is -0.375 e. The molecule has 0 spiro atoms. The van der Waals surface area contributed by atoms with Crippen molar-refractivity contribution in [2.45, 2.75) is 45.3 Å². The molecule has 0 aliphatic heterocycles. The second kappa shape index (κ2) is 5.48. The van der Waals surface area contributed by atoms with Gasteiger partial charge in [0, 0.05) is 13.7 Å². The van der Waals surface area contributed by atoms with Crippen molar-refractivity contribution in [1.82, 2.24) is 15.0 Å². The summed E-state index contributed by atoms with van der Waals surface area (Å²) in [6.07, 6.45) is 4.77. The van der Waals surface area contributed by atoms with Gasteiger partial charge in [0.15, 0.2) is 5.69 Å². The van der Waals surface area contributed by atoms with Crippen molar-refractivity contribution in [3.63, 3.8) is 0 Å². The molecular formula is C12H20N4O2. The Balaban J connectivity index is 2.14. The number of methoxy groups -OCH3 is 1. The smallest absolute Gasteiger partial charge is 0.271 e. The molecule has 100 valence electrons. The largest absolute Gasteiger partial charge is 0.375 e. The fourth-order valence-corrected chi connectivity index (χ4v) is 2.26. The van der Waals surface area contributed by atoms with E-state index in [1.165, 1.54) is 19.3 Å². The van der Waals surface area contributed by atoms with E-state index in [4.69, 9.17) is 10.5 Å². The summed E-state index contributed by atoms with van der Waals surface area (Å²) >= 11 is 0. The van der Waals surface area contributed by atoms with Crippen molar-refractivity contribution < 1.29 is 9.53 Å². The predicted octanol–water partition coefficient (Wildman–Crippen LogP) is 1.27. The molecule has 1 fully saturated rings. The molecule has 2 rings (SSSR count). The summed E-state index contributed by atoms with van der Waals surface area (Å²) in [6.45, 7) is 2.64. The molecule has 1 heterocycles. The first-order valence-corrected chi connectivity index (χ1v) is 6.39. The van der Waals surface area contributed by atoms with Gasteiger partial charge in [-0.3, -0.25) is 4.79 Å². The highest BCUT2D eigenvalue weighted by atomic mass is 16.5. The van der Waals surface area contributed by atoms with Crippen LogP contribution in [0.25, 0.3) is 0 Å². The van der Waals surface area contributed by atoms with Gasteiger partial charge in [-0.15, -0.1) is 5.10 Å². The average Bonchev–Trinajstić information content (AvgIpc) is 2.70. The van der Waals surface area contributed by atoms with Crippen LogP contribution in [-0.4, -0.2) is 28.0 Å². The third-order valence-electron chi connectivity index (χ3n) is 3.72. The average molecular weight is 252 g/mol. The van der Waals surface area contributed by atoms with Crippen molar-refractivity contribution >= 4 is 5.91 Å². The van der Waals surface area contributed by atoms with E-state index in [9.17, 15) is 4.79 Å². The van der Waals surface area contributed by atoms with Gasteiger partial charge in [0.05, 0.1) is 6.10 Å². The number of aryl methyl sites for hydroxylation is 1. The SMILES string of the molecule is COC(C)c1c(C(N)=O)nnn1CCC1CCC1. The van der Waals surface area contributed by atoms with Crippen molar-refractivity contribution in [2.24, 2.45) is 11.7 Å². The molecule has 6 nitrogen and oxygen atoms in total. The summed E-state index contributed by atoms with van der Waals surface area (Å²) in [6, 6.07) is 0. The van der Waals surface area contributed by atoms with Gasteiger partial charge in [0.25, 0.3) is 5.91 Å². The molecule has 1 unspecified atom stereocenters. The second-order valence-electron chi connectivity index (χ2n) is 4.87. The van der Waals surface area contributed by atoms with Gasteiger partial charge in [-0.2, -0.15) is 0 Å². The Bertz CT molecular complexity index is 426. The maximum Gasteiger partial charge on any atom is 0.271 e. The Morgan fingerprint density at radius 2 is 2.33 bits per heavy atom. The van der Waals surface area contributed by atoms with E-state index in [1.54, 1.807) is 11.8 Å². The zero-order chi connectivity index (χ0) is 13.1.